The Labute approximate surface area is 156 Å². The molecule has 0 unspecified atom stereocenters. The summed E-state index contributed by atoms with van der Waals surface area (Å²) in [6.45, 7) is 1.36. The third-order valence-electron chi connectivity index (χ3n) is 4.14. The van der Waals surface area contributed by atoms with E-state index in [1.165, 1.54) is 15.7 Å². The molecule has 1 saturated carbocycles. The molecule has 26 heavy (non-hydrogen) atoms. The highest BCUT2D eigenvalue weighted by Gasteiger charge is 2.43. The van der Waals surface area contributed by atoms with Crippen LogP contribution in [-0.2, 0) is 12.7 Å². The van der Waals surface area contributed by atoms with E-state index in [2.05, 4.69) is 26.0 Å². The number of fused-ring (bicyclic) bond motifs is 1. The van der Waals surface area contributed by atoms with Crippen LogP contribution in [0.25, 0.3) is 4.96 Å². The molecule has 0 aliphatic heterocycles. The summed E-state index contributed by atoms with van der Waals surface area (Å²) < 4.78 is 56.6. The van der Waals surface area contributed by atoms with Crippen LogP contribution in [-0.4, -0.2) is 19.2 Å². The molecule has 3 heterocycles. The van der Waals surface area contributed by atoms with E-state index in [0.717, 1.165) is 10.9 Å². The van der Waals surface area contributed by atoms with Crippen LogP contribution in [0.5, 0.6) is 0 Å². The maximum absolute atomic E-state index is 14.3. The predicted octanol–water partition coefficient (Wildman–Crippen LogP) is 4.11. The van der Waals surface area contributed by atoms with Crippen molar-refractivity contribution < 1.29 is 17.6 Å². The lowest BCUT2D eigenvalue weighted by molar-refractivity contribution is -0.146. The molecule has 0 atom stereocenters. The predicted molar refractivity (Wildman–Crippen MR) is 90.0 cm³/mol. The average Bonchev–Trinajstić information content (AvgIpc) is 3.24. The molecule has 1 fully saturated rings. The van der Waals surface area contributed by atoms with Crippen molar-refractivity contribution in [2.75, 3.05) is 0 Å². The molecule has 138 valence electrons. The molecule has 0 radical (unpaired) electrons. The second kappa shape index (κ2) is 5.88. The van der Waals surface area contributed by atoms with Crippen molar-refractivity contribution in [1.82, 2.24) is 19.2 Å². The Kier molecular flexibility index (Phi) is 3.99. The van der Waals surface area contributed by atoms with Gasteiger partial charge in [-0.1, -0.05) is 0 Å². The number of rotatable bonds is 3. The van der Waals surface area contributed by atoms with Gasteiger partial charge in [-0.05, 0) is 35.7 Å². The average molecular weight is 451 g/mol. The van der Waals surface area contributed by atoms with Gasteiger partial charge in [0.15, 0.2) is 16.5 Å². The minimum absolute atomic E-state index is 0.0964. The number of hydrogen-bond donors (Lipinski definition) is 0. The number of alkyl halides is 3. The second-order valence-electron chi connectivity index (χ2n) is 6.13. The Morgan fingerprint density at radius 3 is 2.69 bits per heavy atom. The number of aromatic nitrogens is 4. The maximum Gasteiger partial charge on any atom is 0.435 e. The molecule has 4 rings (SSSR count). The fourth-order valence-electron chi connectivity index (χ4n) is 2.79. The molecule has 1 aliphatic carbocycles. The quantitative estimate of drug-likeness (QED) is 0.564. The highest BCUT2D eigenvalue weighted by atomic mass is 79.9. The van der Waals surface area contributed by atoms with Crippen LogP contribution in [0.1, 0.15) is 40.7 Å². The van der Waals surface area contributed by atoms with Crippen LogP contribution in [0.3, 0.4) is 0 Å². The van der Waals surface area contributed by atoms with E-state index in [-0.39, 0.29) is 17.3 Å². The molecule has 0 amide bonds. The van der Waals surface area contributed by atoms with Crippen molar-refractivity contribution >= 4 is 32.2 Å². The van der Waals surface area contributed by atoms with Crippen molar-refractivity contribution in [3.05, 3.63) is 48.8 Å². The normalized spacial score (nSPS) is 15.2. The van der Waals surface area contributed by atoms with Gasteiger partial charge in [0.25, 0.3) is 5.56 Å². The van der Waals surface area contributed by atoms with Crippen LogP contribution in [0.15, 0.2) is 15.5 Å². The highest BCUT2D eigenvalue weighted by Crippen LogP contribution is 2.43. The zero-order chi connectivity index (χ0) is 18.8. The van der Waals surface area contributed by atoms with Crippen LogP contribution in [0, 0.1) is 12.7 Å². The van der Waals surface area contributed by atoms with Crippen LogP contribution in [0.2, 0.25) is 0 Å². The first kappa shape index (κ1) is 17.7. The first-order valence-corrected chi connectivity index (χ1v) is 9.28. The summed E-state index contributed by atoms with van der Waals surface area (Å²) in [5.74, 6) is -1.60. The van der Waals surface area contributed by atoms with Crippen molar-refractivity contribution in [3.8, 4) is 0 Å². The summed E-state index contributed by atoms with van der Waals surface area (Å²) in [7, 11) is 0. The van der Waals surface area contributed by atoms with E-state index in [1.807, 2.05) is 0 Å². The van der Waals surface area contributed by atoms with Crippen molar-refractivity contribution in [2.45, 2.75) is 38.4 Å². The van der Waals surface area contributed by atoms with E-state index in [4.69, 9.17) is 0 Å². The Morgan fingerprint density at radius 1 is 1.38 bits per heavy atom. The zero-order valence-electron chi connectivity index (χ0n) is 13.3. The fourth-order valence-corrected chi connectivity index (χ4v) is 4.38. The lowest BCUT2D eigenvalue weighted by atomic mass is 10.2. The van der Waals surface area contributed by atoms with Gasteiger partial charge in [-0.3, -0.25) is 9.48 Å². The number of nitrogens with zero attached hydrogens (tertiary/aromatic N) is 4. The molecule has 0 bridgehead atoms. The summed E-state index contributed by atoms with van der Waals surface area (Å²) in [6.07, 6.45) is -3.63. The largest absolute Gasteiger partial charge is 0.435 e. The van der Waals surface area contributed by atoms with Crippen LogP contribution < -0.4 is 5.56 Å². The van der Waals surface area contributed by atoms with Gasteiger partial charge in [0.05, 0.1) is 12.2 Å². The van der Waals surface area contributed by atoms with E-state index in [0.29, 0.717) is 27.1 Å². The van der Waals surface area contributed by atoms with E-state index >= 15 is 0 Å². The van der Waals surface area contributed by atoms with Gasteiger partial charge >= 0.3 is 6.18 Å². The van der Waals surface area contributed by atoms with Gasteiger partial charge in [-0.25, -0.2) is 13.8 Å². The lowest BCUT2D eigenvalue weighted by Crippen LogP contribution is -2.20. The van der Waals surface area contributed by atoms with Crippen LogP contribution in [0.4, 0.5) is 17.6 Å². The summed E-state index contributed by atoms with van der Waals surface area (Å²) >= 11 is 4.51. The van der Waals surface area contributed by atoms with E-state index in [9.17, 15) is 22.4 Å². The van der Waals surface area contributed by atoms with Crippen molar-refractivity contribution in [2.24, 2.45) is 0 Å². The van der Waals surface area contributed by atoms with Crippen LogP contribution >= 0.6 is 27.3 Å². The Balaban J connectivity index is 1.81. The van der Waals surface area contributed by atoms with E-state index in [1.54, 1.807) is 6.92 Å². The summed E-state index contributed by atoms with van der Waals surface area (Å²) in [6, 6.07) is 1.14. The molecule has 1 aliphatic rings. The molecule has 0 spiro atoms. The SMILES string of the molecule is Cc1sc2nc(Cn3nc(C4CC4)c(F)c3C(F)(F)F)cc(=O)n2c1Br. The number of hydrogen-bond acceptors (Lipinski definition) is 4. The second-order valence-corrected chi connectivity index (χ2v) is 8.06. The Morgan fingerprint density at radius 2 is 2.08 bits per heavy atom. The molecule has 3 aromatic heterocycles. The minimum Gasteiger partial charge on any atom is -0.269 e. The maximum atomic E-state index is 14.3. The molecule has 0 N–H and O–H groups in total. The Bertz CT molecular complexity index is 1080. The van der Waals surface area contributed by atoms with Gasteiger partial charge in [0.2, 0.25) is 0 Å². The fraction of sp³-hybridized carbons (Fsp3) is 0.400. The molecule has 3 aromatic rings. The lowest BCUT2D eigenvalue weighted by Gasteiger charge is -2.10. The highest BCUT2D eigenvalue weighted by molar-refractivity contribution is 9.10. The van der Waals surface area contributed by atoms with Gasteiger partial charge in [-0.2, -0.15) is 18.3 Å². The van der Waals surface area contributed by atoms with Gasteiger partial charge in [0, 0.05) is 16.9 Å². The standard InChI is InChI=1S/C15H11BrF4N4OS/c1-6-13(16)24-9(25)4-8(21-14(24)26-6)5-23-12(15(18,19)20)10(17)11(22-23)7-2-3-7/h4,7H,2-3,5H2,1H3. The zero-order valence-corrected chi connectivity index (χ0v) is 15.7. The molecule has 11 heteroatoms. The van der Waals surface area contributed by atoms with Gasteiger partial charge < -0.3 is 0 Å². The van der Waals surface area contributed by atoms with Gasteiger partial charge in [-0.15, -0.1) is 11.3 Å². The third-order valence-corrected chi connectivity index (χ3v) is 6.30. The molecule has 0 aromatic carbocycles. The molecular formula is C15H11BrF4N4OS. The smallest absolute Gasteiger partial charge is 0.269 e. The first-order valence-electron chi connectivity index (χ1n) is 7.67. The number of aryl methyl sites for hydroxylation is 1. The minimum atomic E-state index is -4.88. The van der Waals surface area contributed by atoms with Crippen molar-refractivity contribution in [1.29, 1.82) is 0 Å². The van der Waals surface area contributed by atoms with E-state index < -0.39 is 29.8 Å². The summed E-state index contributed by atoms with van der Waals surface area (Å²) in [4.78, 5) is 17.7. The molecule has 0 saturated heterocycles. The number of thiazole rings is 1. The topological polar surface area (TPSA) is 52.2 Å². The molecular weight excluding hydrogens is 440 g/mol. The molecule has 5 nitrogen and oxygen atoms in total. The number of halogens is 5. The summed E-state index contributed by atoms with van der Waals surface area (Å²) in [5, 5.41) is 3.83. The van der Waals surface area contributed by atoms with Gasteiger partial charge in [0.1, 0.15) is 10.3 Å². The Hall–Kier alpha value is -1.75. The summed E-state index contributed by atoms with van der Waals surface area (Å²) in [5.41, 5.74) is -1.92. The first-order chi connectivity index (χ1) is 12.2. The van der Waals surface area contributed by atoms with Crippen molar-refractivity contribution in [3.63, 3.8) is 0 Å². The monoisotopic (exact) mass is 450 g/mol. The third kappa shape index (κ3) is 2.86.